The molecule has 0 unspecified atom stereocenters. The standard InChI is InChI=1S/C12H9ClN2O2S/c13-10-6-5-9(18-10)12(17)15-11(16)7-1-3-8(14)4-2-7/h1-6H,14H2,(H,15,16,17). The molecular formula is C12H9ClN2O2S. The number of imide groups is 1. The van der Waals surface area contributed by atoms with Crippen molar-refractivity contribution in [1.82, 2.24) is 5.32 Å². The van der Waals surface area contributed by atoms with Gasteiger partial charge in [-0.05, 0) is 36.4 Å². The molecule has 6 heteroatoms. The van der Waals surface area contributed by atoms with E-state index >= 15 is 0 Å². The first-order valence-corrected chi connectivity index (χ1v) is 6.22. The van der Waals surface area contributed by atoms with Gasteiger partial charge in [-0.15, -0.1) is 11.3 Å². The predicted octanol–water partition coefficient (Wildman–Crippen LogP) is 2.55. The molecule has 0 atom stereocenters. The summed E-state index contributed by atoms with van der Waals surface area (Å²) in [6.07, 6.45) is 0. The molecule has 0 aliphatic heterocycles. The van der Waals surface area contributed by atoms with Crippen LogP contribution in [0.5, 0.6) is 0 Å². The van der Waals surface area contributed by atoms with Gasteiger partial charge in [-0.1, -0.05) is 11.6 Å². The van der Waals surface area contributed by atoms with Crippen LogP contribution < -0.4 is 11.1 Å². The number of hydrogen-bond donors (Lipinski definition) is 2. The Labute approximate surface area is 112 Å². The van der Waals surface area contributed by atoms with Crippen LogP contribution in [0.4, 0.5) is 5.69 Å². The lowest BCUT2D eigenvalue weighted by Crippen LogP contribution is -2.29. The van der Waals surface area contributed by atoms with Crippen molar-refractivity contribution in [1.29, 1.82) is 0 Å². The van der Waals surface area contributed by atoms with E-state index in [0.29, 0.717) is 20.5 Å². The number of carbonyl (C=O) groups is 2. The van der Waals surface area contributed by atoms with Crippen LogP contribution in [0.15, 0.2) is 36.4 Å². The first-order chi connectivity index (χ1) is 8.56. The van der Waals surface area contributed by atoms with Gasteiger partial charge in [-0.2, -0.15) is 0 Å². The molecule has 0 fully saturated rings. The van der Waals surface area contributed by atoms with Crippen LogP contribution >= 0.6 is 22.9 Å². The lowest BCUT2D eigenvalue weighted by atomic mass is 10.2. The van der Waals surface area contributed by atoms with Crippen LogP contribution in [0.1, 0.15) is 20.0 Å². The molecular weight excluding hydrogens is 272 g/mol. The van der Waals surface area contributed by atoms with E-state index in [1.165, 1.54) is 0 Å². The van der Waals surface area contributed by atoms with Crippen LogP contribution in [0, 0.1) is 0 Å². The second-order valence-electron chi connectivity index (χ2n) is 3.51. The second kappa shape index (κ2) is 5.20. The van der Waals surface area contributed by atoms with E-state index in [1.807, 2.05) is 0 Å². The number of anilines is 1. The number of nitrogen functional groups attached to an aromatic ring is 1. The number of amides is 2. The molecule has 2 rings (SSSR count). The highest BCUT2D eigenvalue weighted by Crippen LogP contribution is 2.21. The number of thiophene rings is 1. The van der Waals surface area contributed by atoms with Gasteiger partial charge in [0.15, 0.2) is 0 Å². The van der Waals surface area contributed by atoms with Crippen molar-refractivity contribution in [2.75, 3.05) is 5.73 Å². The number of nitrogens with two attached hydrogens (primary N) is 1. The molecule has 92 valence electrons. The average Bonchev–Trinajstić information content (AvgIpc) is 2.76. The fourth-order valence-electron chi connectivity index (χ4n) is 1.31. The fourth-order valence-corrected chi connectivity index (χ4v) is 2.25. The van der Waals surface area contributed by atoms with Crippen LogP contribution in [-0.4, -0.2) is 11.8 Å². The molecule has 1 heterocycles. The van der Waals surface area contributed by atoms with Gasteiger partial charge in [0.05, 0.1) is 9.21 Å². The first-order valence-electron chi connectivity index (χ1n) is 5.03. The van der Waals surface area contributed by atoms with E-state index in [9.17, 15) is 9.59 Å². The van der Waals surface area contributed by atoms with Crippen molar-refractivity contribution in [2.24, 2.45) is 0 Å². The zero-order chi connectivity index (χ0) is 13.1. The molecule has 0 bridgehead atoms. The van der Waals surface area contributed by atoms with Crippen LogP contribution in [0.25, 0.3) is 0 Å². The monoisotopic (exact) mass is 280 g/mol. The molecule has 1 aromatic carbocycles. The van der Waals surface area contributed by atoms with Gasteiger partial charge in [0, 0.05) is 11.3 Å². The molecule has 0 spiro atoms. The van der Waals surface area contributed by atoms with E-state index < -0.39 is 11.8 Å². The predicted molar refractivity (Wildman–Crippen MR) is 72.0 cm³/mol. The highest BCUT2D eigenvalue weighted by Gasteiger charge is 2.13. The zero-order valence-corrected chi connectivity index (χ0v) is 10.7. The number of halogens is 1. The maximum absolute atomic E-state index is 11.7. The first kappa shape index (κ1) is 12.6. The normalized spacial score (nSPS) is 10.1. The van der Waals surface area contributed by atoms with Gasteiger partial charge in [-0.3, -0.25) is 14.9 Å². The number of carbonyl (C=O) groups excluding carboxylic acids is 2. The number of benzene rings is 1. The van der Waals surface area contributed by atoms with Crippen LogP contribution in [0.3, 0.4) is 0 Å². The lowest BCUT2D eigenvalue weighted by molar-refractivity contribution is 0.0851. The van der Waals surface area contributed by atoms with Gasteiger partial charge >= 0.3 is 0 Å². The summed E-state index contributed by atoms with van der Waals surface area (Å²) in [6.45, 7) is 0. The number of hydrogen-bond acceptors (Lipinski definition) is 4. The molecule has 0 saturated heterocycles. The Morgan fingerprint density at radius 1 is 1.06 bits per heavy atom. The Balaban J connectivity index is 2.08. The zero-order valence-electron chi connectivity index (χ0n) is 9.14. The average molecular weight is 281 g/mol. The van der Waals surface area contributed by atoms with Gasteiger partial charge < -0.3 is 5.73 Å². The van der Waals surface area contributed by atoms with Gasteiger partial charge in [0.2, 0.25) is 0 Å². The SMILES string of the molecule is Nc1ccc(C(=O)NC(=O)c2ccc(Cl)s2)cc1. The maximum Gasteiger partial charge on any atom is 0.268 e. The molecule has 0 saturated carbocycles. The minimum Gasteiger partial charge on any atom is -0.399 e. The molecule has 2 amide bonds. The van der Waals surface area contributed by atoms with Crippen molar-refractivity contribution in [3.63, 3.8) is 0 Å². The molecule has 4 nitrogen and oxygen atoms in total. The highest BCUT2D eigenvalue weighted by molar-refractivity contribution is 7.18. The Kier molecular flexibility index (Phi) is 3.64. The van der Waals surface area contributed by atoms with E-state index in [2.05, 4.69) is 5.32 Å². The van der Waals surface area contributed by atoms with Gasteiger partial charge in [0.25, 0.3) is 11.8 Å². The number of nitrogens with one attached hydrogen (secondary N) is 1. The van der Waals surface area contributed by atoms with Crippen molar-refractivity contribution in [3.05, 3.63) is 51.2 Å². The molecule has 2 aromatic rings. The molecule has 3 N–H and O–H groups in total. The van der Waals surface area contributed by atoms with Gasteiger partial charge in [-0.25, -0.2) is 0 Å². The van der Waals surface area contributed by atoms with E-state index in [-0.39, 0.29) is 0 Å². The van der Waals surface area contributed by atoms with Crippen molar-refractivity contribution in [3.8, 4) is 0 Å². The third-order valence-corrected chi connectivity index (χ3v) is 3.43. The second-order valence-corrected chi connectivity index (χ2v) is 5.22. The Morgan fingerprint density at radius 3 is 2.28 bits per heavy atom. The van der Waals surface area contributed by atoms with Gasteiger partial charge in [0.1, 0.15) is 0 Å². The van der Waals surface area contributed by atoms with Crippen molar-refractivity contribution < 1.29 is 9.59 Å². The minimum atomic E-state index is -0.468. The topological polar surface area (TPSA) is 72.2 Å². The summed E-state index contributed by atoms with van der Waals surface area (Å²) in [5.41, 5.74) is 6.44. The summed E-state index contributed by atoms with van der Waals surface area (Å²) in [7, 11) is 0. The quantitative estimate of drug-likeness (QED) is 0.656. The largest absolute Gasteiger partial charge is 0.399 e. The molecule has 1 aromatic heterocycles. The third-order valence-electron chi connectivity index (χ3n) is 2.20. The highest BCUT2D eigenvalue weighted by atomic mass is 35.5. The summed E-state index contributed by atoms with van der Waals surface area (Å²) in [5, 5.41) is 2.28. The van der Waals surface area contributed by atoms with Crippen molar-refractivity contribution in [2.45, 2.75) is 0 Å². The lowest BCUT2D eigenvalue weighted by Gasteiger charge is -2.02. The Bertz CT molecular complexity index is 592. The maximum atomic E-state index is 11.7. The van der Waals surface area contributed by atoms with E-state index in [1.54, 1.807) is 36.4 Å². The van der Waals surface area contributed by atoms with E-state index in [4.69, 9.17) is 17.3 Å². The summed E-state index contributed by atoms with van der Waals surface area (Å²) in [5.74, 6) is -0.932. The third kappa shape index (κ3) is 2.88. The number of rotatable bonds is 2. The Hall–Kier alpha value is -1.85. The van der Waals surface area contributed by atoms with Crippen LogP contribution in [-0.2, 0) is 0 Å². The van der Waals surface area contributed by atoms with E-state index in [0.717, 1.165) is 11.3 Å². The molecule has 18 heavy (non-hydrogen) atoms. The smallest absolute Gasteiger partial charge is 0.268 e. The molecule has 0 radical (unpaired) electrons. The minimum absolute atomic E-state index is 0.375. The fraction of sp³-hybridized carbons (Fsp3) is 0. The summed E-state index contributed by atoms with van der Waals surface area (Å²) in [4.78, 5) is 23.8. The summed E-state index contributed by atoms with van der Waals surface area (Å²) in [6, 6.07) is 9.48. The summed E-state index contributed by atoms with van der Waals surface area (Å²) < 4.78 is 0.500. The summed E-state index contributed by atoms with van der Waals surface area (Å²) >= 11 is 6.83. The van der Waals surface area contributed by atoms with Crippen molar-refractivity contribution >= 4 is 40.4 Å². The molecule has 0 aliphatic carbocycles. The molecule has 0 aliphatic rings. The Morgan fingerprint density at radius 2 is 1.72 bits per heavy atom. The van der Waals surface area contributed by atoms with Crippen LogP contribution in [0.2, 0.25) is 4.34 Å².